The van der Waals surface area contributed by atoms with E-state index in [1.54, 1.807) is 19.1 Å². The van der Waals surface area contributed by atoms with E-state index >= 15 is 0 Å². The summed E-state index contributed by atoms with van der Waals surface area (Å²) in [6, 6.07) is 7.10. The molecule has 0 spiro atoms. The van der Waals surface area contributed by atoms with Crippen molar-refractivity contribution in [3.8, 4) is 0 Å². The van der Waals surface area contributed by atoms with Gasteiger partial charge in [0.05, 0.1) is 5.69 Å². The molecule has 0 radical (unpaired) electrons. The molecule has 2 rings (SSSR count). The van der Waals surface area contributed by atoms with Crippen LogP contribution >= 0.6 is 0 Å². The van der Waals surface area contributed by atoms with Crippen LogP contribution in [0.5, 0.6) is 0 Å². The van der Waals surface area contributed by atoms with Crippen molar-refractivity contribution in [1.29, 1.82) is 0 Å². The smallest absolute Gasteiger partial charge is 0.242 e. The van der Waals surface area contributed by atoms with Gasteiger partial charge in [-0.25, -0.2) is 13.1 Å². The van der Waals surface area contributed by atoms with Crippen LogP contribution in [0.25, 0.3) is 0 Å². The molecule has 0 aromatic heterocycles. The van der Waals surface area contributed by atoms with Gasteiger partial charge in [-0.15, -0.1) is 0 Å². The Kier molecular flexibility index (Phi) is 5.01. The van der Waals surface area contributed by atoms with Crippen LogP contribution in [0.15, 0.2) is 29.2 Å². The Bertz CT molecular complexity index is 545. The van der Waals surface area contributed by atoms with Crippen LogP contribution in [-0.4, -0.2) is 39.8 Å². The molecule has 1 aliphatic rings. The van der Waals surface area contributed by atoms with E-state index in [9.17, 15) is 8.42 Å². The molecule has 1 fully saturated rings. The summed E-state index contributed by atoms with van der Waals surface area (Å²) in [6.07, 6.45) is 1.77. The van der Waals surface area contributed by atoms with Crippen molar-refractivity contribution in [3.05, 3.63) is 24.3 Å². The number of sulfonamides is 1. The summed E-state index contributed by atoms with van der Waals surface area (Å²) in [6.45, 7) is 3.98. The monoisotopic (exact) mass is 298 g/mol. The molecule has 2 N–H and O–H groups in total. The predicted octanol–water partition coefficient (Wildman–Crippen LogP) is 1.19. The van der Waals surface area contributed by atoms with Gasteiger partial charge in [-0.1, -0.05) is 19.1 Å². The molecular weight excluding hydrogens is 276 g/mol. The summed E-state index contributed by atoms with van der Waals surface area (Å²) in [4.78, 5) is 2.44. The SMILES string of the molecule is CCNS(=O)(=O)c1ccccc1N1CCC(CCO)C1. The molecule has 6 heteroatoms. The molecule has 1 unspecified atom stereocenters. The van der Waals surface area contributed by atoms with Crippen LogP contribution in [-0.2, 0) is 10.0 Å². The third kappa shape index (κ3) is 3.31. The quantitative estimate of drug-likeness (QED) is 0.828. The average molecular weight is 298 g/mol. The van der Waals surface area contributed by atoms with Crippen molar-refractivity contribution >= 4 is 15.7 Å². The van der Waals surface area contributed by atoms with E-state index in [1.165, 1.54) is 0 Å². The van der Waals surface area contributed by atoms with Crippen LogP contribution in [0.3, 0.4) is 0 Å². The second kappa shape index (κ2) is 6.56. The fourth-order valence-electron chi connectivity index (χ4n) is 2.68. The van der Waals surface area contributed by atoms with Crippen LogP contribution in [0.1, 0.15) is 19.8 Å². The van der Waals surface area contributed by atoms with Gasteiger partial charge in [0.15, 0.2) is 0 Å². The first-order chi connectivity index (χ1) is 9.58. The van der Waals surface area contributed by atoms with Crippen LogP contribution in [0.4, 0.5) is 5.69 Å². The zero-order valence-corrected chi connectivity index (χ0v) is 12.6. The van der Waals surface area contributed by atoms with Gasteiger partial charge in [0.25, 0.3) is 0 Å². The lowest BCUT2D eigenvalue weighted by molar-refractivity contribution is 0.263. The summed E-state index contributed by atoms with van der Waals surface area (Å²) in [7, 11) is -3.45. The number of rotatable bonds is 6. The lowest BCUT2D eigenvalue weighted by atomic mass is 10.1. The fraction of sp³-hybridized carbons (Fsp3) is 0.571. The highest BCUT2D eigenvalue weighted by Crippen LogP contribution is 2.30. The average Bonchev–Trinajstić information content (AvgIpc) is 2.88. The van der Waals surface area contributed by atoms with E-state index < -0.39 is 10.0 Å². The highest BCUT2D eigenvalue weighted by molar-refractivity contribution is 7.89. The molecule has 112 valence electrons. The Labute approximate surface area is 120 Å². The molecule has 1 aliphatic heterocycles. The molecule has 0 aliphatic carbocycles. The number of aliphatic hydroxyl groups excluding tert-OH is 1. The van der Waals surface area contributed by atoms with Crippen molar-refractivity contribution < 1.29 is 13.5 Å². The second-order valence-corrected chi connectivity index (χ2v) is 6.82. The van der Waals surface area contributed by atoms with Crippen molar-refractivity contribution in [3.63, 3.8) is 0 Å². The maximum absolute atomic E-state index is 12.2. The normalized spacial score (nSPS) is 19.5. The third-order valence-electron chi connectivity index (χ3n) is 3.65. The van der Waals surface area contributed by atoms with Gasteiger partial charge in [-0.3, -0.25) is 0 Å². The molecule has 1 heterocycles. The summed E-state index contributed by atoms with van der Waals surface area (Å²) in [5.74, 6) is 0.440. The standard InChI is InChI=1S/C14H22N2O3S/c1-2-15-20(18,19)14-6-4-3-5-13(14)16-9-7-12(11-16)8-10-17/h3-6,12,15,17H,2,7-11H2,1H3. The predicted molar refractivity (Wildman–Crippen MR) is 79.3 cm³/mol. The van der Waals surface area contributed by atoms with Gasteiger partial charge in [0.1, 0.15) is 4.90 Å². The minimum atomic E-state index is -3.45. The Hall–Kier alpha value is -1.11. The number of nitrogens with zero attached hydrogens (tertiary/aromatic N) is 1. The molecule has 1 saturated heterocycles. The molecule has 1 aromatic rings. The van der Waals surface area contributed by atoms with Crippen molar-refractivity contribution in [1.82, 2.24) is 4.72 Å². The van der Waals surface area contributed by atoms with Gasteiger partial charge in [0, 0.05) is 26.2 Å². The maximum Gasteiger partial charge on any atom is 0.242 e. The first kappa shape index (κ1) is 15.3. The highest BCUT2D eigenvalue weighted by Gasteiger charge is 2.26. The number of para-hydroxylation sites is 1. The molecule has 1 aromatic carbocycles. The minimum absolute atomic E-state index is 0.190. The molecule has 0 amide bonds. The lowest BCUT2D eigenvalue weighted by Gasteiger charge is -2.22. The number of hydrogen-bond donors (Lipinski definition) is 2. The third-order valence-corrected chi connectivity index (χ3v) is 5.25. The van der Waals surface area contributed by atoms with Gasteiger partial charge in [0.2, 0.25) is 10.0 Å². The molecule has 20 heavy (non-hydrogen) atoms. The van der Waals surface area contributed by atoms with Gasteiger partial charge < -0.3 is 10.0 Å². The van der Waals surface area contributed by atoms with Crippen molar-refractivity contribution in [2.24, 2.45) is 5.92 Å². The van der Waals surface area contributed by atoms with Crippen LogP contribution < -0.4 is 9.62 Å². The summed E-state index contributed by atoms with van der Waals surface area (Å²) in [5.41, 5.74) is 0.758. The fourth-order valence-corrected chi connectivity index (χ4v) is 3.95. The lowest BCUT2D eigenvalue weighted by Crippen LogP contribution is -2.27. The zero-order valence-electron chi connectivity index (χ0n) is 11.7. The van der Waals surface area contributed by atoms with E-state index in [4.69, 9.17) is 5.11 Å². The van der Waals surface area contributed by atoms with E-state index in [0.717, 1.165) is 31.6 Å². The van der Waals surface area contributed by atoms with Gasteiger partial charge in [-0.05, 0) is 30.9 Å². The molecule has 0 bridgehead atoms. The molecule has 5 nitrogen and oxygen atoms in total. The summed E-state index contributed by atoms with van der Waals surface area (Å²) >= 11 is 0. The first-order valence-electron chi connectivity index (χ1n) is 7.03. The number of benzene rings is 1. The first-order valence-corrected chi connectivity index (χ1v) is 8.51. The van der Waals surface area contributed by atoms with Crippen molar-refractivity contribution in [2.45, 2.75) is 24.7 Å². The highest BCUT2D eigenvalue weighted by atomic mass is 32.2. The van der Waals surface area contributed by atoms with E-state index in [1.807, 2.05) is 12.1 Å². The van der Waals surface area contributed by atoms with E-state index in [0.29, 0.717) is 17.4 Å². The maximum atomic E-state index is 12.2. The van der Waals surface area contributed by atoms with Gasteiger partial charge >= 0.3 is 0 Å². The Morgan fingerprint density at radius 3 is 2.85 bits per heavy atom. The Morgan fingerprint density at radius 1 is 1.40 bits per heavy atom. The number of aliphatic hydroxyl groups is 1. The molecular formula is C14H22N2O3S. The summed E-state index contributed by atoms with van der Waals surface area (Å²) in [5, 5.41) is 9.01. The van der Waals surface area contributed by atoms with Crippen LogP contribution in [0, 0.1) is 5.92 Å². The molecule has 1 atom stereocenters. The minimum Gasteiger partial charge on any atom is -0.396 e. The van der Waals surface area contributed by atoms with E-state index in [2.05, 4.69) is 9.62 Å². The largest absolute Gasteiger partial charge is 0.396 e. The Balaban J connectivity index is 2.25. The second-order valence-electron chi connectivity index (χ2n) is 5.08. The van der Waals surface area contributed by atoms with E-state index in [-0.39, 0.29) is 6.61 Å². The van der Waals surface area contributed by atoms with Crippen LogP contribution in [0.2, 0.25) is 0 Å². The zero-order chi connectivity index (χ0) is 14.6. The number of anilines is 1. The van der Waals surface area contributed by atoms with Gasteiger partial charge in [-0.2, -0.15) is 0 Å². The summed E-state index contributed by atoms with van der Waals surface area (Å²) < 4.78 is 27.0. The Morgan fingerprint density at radius 2 is 2.15 bits per heavy atom. The number of hydrogen-bond acceptors (Lipinski definition) is 4. The molecule has 0 saturated carbocycles. The number of nitrogens with one attached hydrogen (secondary N) is 1. The topological polar surface area (TPSA) is 69.6 Å². The van der Waals surface area contributed by atoms with Crippen molar-refractivity contribution in [2.75, 3.05) is 31.1 Å².